The molecule has 0 bridgehead atoms. The molecule has 88 valence electrons. The van der Waals surface area contributed by atoms with Crippen molar-refractivity contribution in [1.82, 2.24) is 4.98 Å². The molecule has 0 aliphatic carbocycles. The molecule has 1 heterocycles. The minimum Gasteiger partial charge on any atom is -0.504 e. The summed E-state index contributed by atoms with van der Waals surface area (Å²) in [4.78, 5) is 13.3. The molecule has 0 fully saturated rings. The number of aromatic amines is 1. The number of rotatable bonds is 4. The summed E-state index contributed by atoms with van der Waals surface area (Å²) in [5, 5.41) is 18.2. The summed E-state index contributed by atoms with van der Waals surface area (Å²) < 4.78 is 5.34. The van der Waals surface area contributed by atoms with Crippen molar-refractivity contribution in [1.29, 1.82) is 0 Å². The van der Waals surface area contributed by atoms with E-state index in [1.54, 1.807) is 24.3 Å². The van der Waals surface area contributed by atoms with Crippen LogP contribution in [0.25, 0.3) is 0 Å². The second-order valence-electron chi connectivity index (χ2n) is 3.46. The van der Waals surface area contributed by atoms with E-state index in [4.69, 9.17) is 9.84 Å². The Morgan fingerprint density at radius 2 is 2.00 bits per heavy atom. The molecule has 0 saturated heterocycles. The predicted molar refractivity (Wildman–Crippen MR) is 60.2 cm³/mol. The van der Waals surface area contributed by atoms with Gasteiger partial charge in [0.2, 0.25) is 0 Å². The quantitative estimate of drug-likeness (QED) is 0.754. The summed E-state index contributed by atoms with van der Waals surface area (Å²) in [7, 11) is 0. The number of H-pyrrole nitrogens is 1. The molecular formula is C12H11NO4. The second-order valence-corrected chi connectivity index (χ2v) is 3.46. The van der Waals surface area contributed by atoms with Gasteiger partial charge in [0.1, 0.15) is 12.3 Å². The number of ether oxygens (including phenoxy) is 1. The van der Waals surface area contributed by atoms with E-state index < -0.39 is 5.97 Å². The molecule has 0 radical (unpaired) electrons. The number of phenols is 1. The van der Waals surface area contributed by atoms with Gasteiger partial charge in [-0.25, -0.2) is 4.79 Å². The monoisotopic (exact) mass is 233 g/mol. The molecule has 17 heavy (non-hydrogen) atoms. The van der Waals surface area contributed by atoms with Crippen LogP contribution < -0.4 is 4.74 Å². The van der Waals surface area contributed by atoms with Crippen LogP contribution in [0.2, 0.25) is 0 Å². The van der Waals surface area contributed by atoms with Crippen LogP contribution in [0, 0.1) is 0 Å². The van der Waals surface area contributed by atoms with Crippen LogP contribution in [0.5, 0.6) is 11.5 Å². The van der Waals surface area contributed by atoms with Crippen molar-refractivity contribution in [2.24, 2.45) is 0 Å². The van der Waals surface area contributed by atoms with E-state index in [1.807, 2.05) is 0 Å². The Balaban J connectivity index is 2.02. The fraction of sp³-hybridized carbons (Fsp3) is 0.0833. The number of phenolic OH excluding ortho intramolecular Hbond substituents is 1. The minimum absolute atomic E-state index is 0.0533. The third-order valence-corrected chi connectivity index (χ3v) is 2.23. The van der Waals surface area contributed by atoms with Gasteiger partial charge in [-0.3, -0.25) is 0 Å². The highest BCUT2D eigenvalue weighted by molar-refractivity contribution is 5.85. The van der Waals surface area contributed by atoms with E-state index in [0.717, 1.165) is 0 Å². The number of benzene rings is 1. The van der Waals surface area contributed by atoms with Crippen LogP contribution in [0.3, 0.4) is 0 Å². The fourth-order valence-corrected chi connectivity index (χ4v) is 1.38. The lowest BCUT2D eigenvalue weighted by Gasteiger charge is -2.06. The summed E-state index contributed by atoms with van der Waals surface area (Å²) in [6.07, 6.45) is 0. The van der Waals surface area contributed by atoms with Gasteiger partial charge < -0.3 is 19.9 Å². The molecular weight excluding hydrogens is 222 g/mol. The van der Waals surface area contributed by atoms with Crippen LogP contribution in [0.15, 0.2) is 36.4 Å². The first-order valence-electron chi connectivity index (χ1n) is 4.99. The van der Waals surface area contributed by atoms with E-state index in [0.29, 0.717) is 11.4 Å². The van der Waals surface area contributed by atoms with Crippen LogP contribution >= 0.6 is 0 Å². The smallest absolute Gasteiger partial charge is 0.352 e. The van der Waals surface area contributed by atoms with Crippen molar-refractivity contribution < 1.29 is 19.7 Å². The lowest BCUT2D eigenvalue weighted by molar-refractivity contribution is 0.0691. The molecule has 5 heteroatoms. The number of para-hydroxylation sites is 2. The van der Waals surface area contributed by atoms with Crippen molar-refractivity contribution in [2.75, 3.05) is 0 Å². The fourth-order valence-electron chi connectivity index (χ4n) is 1.38. The summed E-state index contributed by atoms with van der Waals surface area (Å²) in [5.74, 6) is -0.602. The summed E-state index contributed by atoms with van der Waals surface area (Å²) in [6, 6.07) is 9.68. The first kappa shape index (κ1) is 11.1. The number of nitrogens with one attached hydrogen (secondary N) is 1. The van der Waals surface area contributed by atoms with Crippen LogP contribution in [0.4, 0.5) is 0 Å². The first-order chi connectivity index (χ1) is 8.16. The standard InChI is InChI=1S/C12H11NO4/c14-10-3-1-2-4-11(10)17-7-8-5-6-9(13-8)12(15)16/h1-6,13-14H,7H2,(H,15,16). The maximum Gasteiger partial charge on any atom is 0.352 e. The van der Waals surface area contributed by atoms with Crippen molar-refractivity contribution in [2.45, 2.75) is 6.61 Å². The number of hydrogen-bond acceptors (Lipinski definition) is 3. The van der Waals surface area contributed by atoms with E-state index in [9.17, 15) is 9.90 Å². The van der Waals surface area contributed by atoms with Crippen molar-refractivity contribution >= 4 is 5.97 Å². The lowest BCUT2D eigenvalue weighted by atomic mass is 10.3. The maximum atomic E-state index is 10.6. The Labute approximate surface area is 97.3 Å². The van der Waals surface area contributed by atoms with Crippen LogP contribution in [-0.4, -0.2) is 21.2 Å². The number of aromatic hydroxyl groups is 1. The van der Waals surface area contributed by atoms with Gasteiger partial charge in [0.15, 0.2) is 11.5 Å². The topological polar surface area (TPSA) is 82.6 Å². The van der Waals surface area contributed by atoms with E-state index in [-0.39, 0.29) is 18.1 Å². The number of aromatic nitrogens is 1. The largest absolute Gasteiger partial charge is 0.504 e. The maximum absolute atomic E-state index is 10.6. The molecule has 0 aliphatic rings. The Morgan fingerprint density at radius 3 is 2.65 bits per heavy atom. The minimum atomic E-state index is -1.01. The zero-order valence-electron chi connectivity index (χ0n) is 8.88. The SMILES string of the molecule is O=C(O)c1ccc(COc2ccccc2O)[nH]1. The molecule has 2 aromatic rings. The molecule has 1 aromatic carbocycles. The number of hydrogen-bond donors (Lipinski definition) is 3. The third kappa shape index (κ3) is 2.57. The first-order valence-corrected chi connectivity index (χ1v) is 4.99. The van der Waals surface area contributed by atoms with Gasteiger partial charge in [-0.2, -0.15) is 0 Å². The highest BCUT2D eigenvalue weighted by Gasteiger charge is 2.06. The average Bonchev–Trinajstić information content (AvgIpc) is 2.77. The molecule has 1 aromatic heterocycles. The number of carboxylic acid groups (broad SMARTS) is 1. The number of carboxylic acids is 1. The molecule has 2 rings (SSSR count). The highest BCUT2D eigenvalue weighted by Crippen LogP contribution is 2.25. The summed E-state index contributed by atoms with van der Waals surface area (Å²) >= 11 is 0. The molecule has 0 aliphatic heterocycles. The van der Waals surface area contributed by atoms with E-state index in [1.165, 1.54) is 12.1 Å². The summed E-state index contributed by atoms with van der Waals surface area (Å²) in [6.45, 7) is 0.171. The second kappa shape index (κ2) is 4.61. The molecule has 0 atom stereocenters. The molecule has 0 spiro atoms. The van der Waals surface area contributed by atoms with Gasteiger partial charge in [0.25, 0.3) is 0 Å². The Bertz CT molecular complexity index is 533. The van der Waals surface area contributed by atoms with Crippen molar-refractivity contribution in [3.63, 3.8) is 0 Å². The third-order valence-electron chi connectivity index (χ3n) is 2.23. The van der Waals surface area contributed by atoms with Gasteiger partial charge in [-0.05, 0) is 24.3 Å². The lowest BCUT2D eigenvalue weighted by Crippen LogP contribution is -1.99. The highest BCUT2D eigenvalue weighted by atomic mass is 16.5. The molecule has 0 saturated carbocycles. The molecule has 0 unspecified atom stereocenters. The normalized spacial score (nSPS) is 10.1. The van der Waals surface area contributed by atoms with Gasteiger partial charge in [0, 0.05) is 0 Å². The number of aromatic carboxylic acids is 1. The molecule has 0 amide bonds. The van der Waals surface area contributed by atoms with Crippen molar-refractivity contribution in [3.05, 3.63) is 47.8 Å². The predicted octanol–water partition coefficient (Wildman–Crippen LogP) is 2.00. The zero-order chi connectivity index (χ0) is 12.3. The Kier molecular flexibility index (Phi) is 3.00. The number of carbonyl (C=O) groups is 1. The van der Waals surface area contributed by atoms with E-state index in [2.05, 4.69) is 4.98 Å². The van der Waals surface area contributed by atoms with Crippen LogP contribution in [0.1, 0.15) is 16.2 Å². The van der Waals surface area contributed by atoms with Gasteiger partial charge in [0.05, 0.1) is 5.69 Å². The molecule has 5 nitrogen and oxygen atoms in total. The Morgan fingerprint density at radius 1 is 1.24 bits per heavy atom. The Hall–Kier alpha value is -2.43. The van der Waals surface area contributed by atoms with Crippen molar-refractivity contribution in [3.8, 4) is 11.5 Å². The van der Waals surface area contributed by atoms with Crippen LogP contribution in [-0.2, 0) is 6.61 Å². The van der Waals surface area contributed by atoms with E-state index >= 15 is 0 Å². The van der Waals surface area contributed by atoms with Gasteiger partial charge in [-0.15, -0.1) is 0 Å². The summed E-state index contributed by atoms with van der Waals surface area (Å²) in [5.41, 5.74) is 0.742. The zero-order valence-corrected chi connectivity index (χ0v) is 8.88. The molecule has 3 N–H and O–H groups in total. The van der Waals surface area contributed by atoms with Gasteiger partial charge in [-0.1, -0.05) is 12.1 Å². The average molecular weight is 233 g/mol. The van der Waals surface area contributed by atoms with Gasteiger partial charge >= 0.3 is 5.97 Å².